The number of rotatable bonds is 0. The van der Waals surface area contributed by atoms with Gasteiger partial charge >= 0.3 is 0 Å². The van der Waals surface area contributed by atoms with Gasteiger partial charge in [-0.25, -0.2) is 0 Å². The molecule has 0 spiro atoms. The van der Waals surface area contributed by atoms with Crippen LogP contribution in [0.1, 0.15) is 22.9 Å². The normalized spacial score (nSPS) is 20.7. The van der Waals surface area contributed by atoms with Gasteiger partial charge in [-0.15, -0.1) is 11.3 Å². The van der Waals surface area contributed by atoms with Crippen molar-refractivity contribution in [2.45, 2.75) is 13.8 Å². The molecule has 0 bridgehead atoms. The number of allylic oxidation sites excluding steroid dienone is 2. The van der Waals surface area contributed by atoms with E-state index in [0.717, 1.165) is 0 Å². The van der Waals surface area contributed by atoms with E-state index in [2.05, 4.69) is 43.5 Å². The minimum atomic E-state index is 0.573. The summed E-state index contributed by atoms with van der Waals surface area (Å²) in [5.74, 6) is 0.573. The quantitative estimate of drug-likeness (QED) is 0.565. The molecule has 1 aromatic rings. The second-order valence-electron chi connectivity index (χ2n) is 3.27. The minimum Gasteiger partial charge on any atom is -0.144 e. The van der Waals surface area contributed by atoms with Crippen molar-refractivity contribution in [3.05, 3.63) is 33.5 Å². The Kier molecular flexibility index (Phi) is 1.89. The van der Waals surface area contributed by atoms with Gasteiger partial charge in [0.2, 0.25) is 0 Å². The van der Waals surface area contributed by atoms with Gasteiger partial charge in [0.25, 0.3) is 0 Å². The molecule has 0 nitrogen and oxygen atoms in total. The number of thiophene rings is 1. The van der Waals surface area contributed by atoms with Gasteiger partial charge in [0.15, 0.2) is 0 Å². The molecule has 1 unspecified atom stereocenters. The molecule has 2 rings (SSSR count). The van der Waals surface area contributed by atoms with Crippen molar-refractivity contribution in [3.8, 4) is 0 Å². The highest BCUT2D eigenvalue weighted by atomic mass is 32.1. The van der Waals surface area contributed by atoms with E-state index in [0.29, 0.717) is 5.92 Å². The summed E-state index contributed by atoms with van der Waals surface area (Å²) in [4.78, 5) is 1.40. The van der Waals surface area contributed by atoms with Gasteiger partial charge in [-0.1, -0.05) is 25.2 Å². The molecule has 1 atom stereocenters. The number of hydrogen-bond donors (Lipinski definition) is 0. The lowest BCUT2D eigenvalue weighted by Gasteiger charge is -1.92. The van der Waals surface area contributed by atoms with Gasteiger partial charge in [-0.2, -0.15) is 0 Å². The van der Waals surface area contributed by atoms with Crippen molar-refractivity contribution in [2.24, 2.45) is 5.92 Å². The lowest BCUT2D eigenvalue weighted by molar-refractivity contribution is 0.954. The first kappa shape index (κ1) is 7.81. The second kappa shape index (κ2) is 2.91. The summed E-state index contributed by atoms with van der Waals surface area (Å²) in [5, 5.41) is 2.22. The van der Waals surface area contributed by atoms with Crippen LogP contribution in [-0.2, 0) is 0 Å². The molecular weight excluding hydrogens is 164 g/mol. The topological polar surface area (TPSA) is 0 Å². The van der Waals surface area contributed by atoms with E-state index in [9.17, 15) is 0 Å². The molecule has 0 fully saturated rings. The Labute approximate surface area is 77.2 Å². The van der Waals surface area contributed by atoms with Crippen LogP contribution in [0.5, 0.6) is 0 Å². The third kappa shape index (κ3) is 1.25. The largest absolute Gasteiger partial charge is 0.144 e. The molecule has 1 aliphatic rings. The minimum absolute atomic E-state index is 0.573. The maximum atomic E-state index is 2.25. The number of fused-ring (bicyclic) bond motifs is 1. The Hall–Kier alpha value is -0.820. The van der Waals surface area contributed by atoms with Crippen LogP contribution in [0.2, 0.25) is 0 Å². The van der Waals surface area contributed by atoms with E-state index in [1.807, 2.05) is 11.3 Å². The van der Waals surface area contributed by atoms with Crippen LogP contribution in [0.15, 0.2) is 17.5 Å². The van der Waals surface area contributed by atoms with Gasteiger partial charge in [0.1, 0.15) is 0 Å². The predicted molar refractivity (Wildman–Crippen MR) is 56.3 cm³/mol. The van der Waals surface area contributed by atoms with Gasteiger partial charge in [0.05, 0.1) is 0 Å². The van der Waals surface area contributed by atoms with Crippen LogP contribution in [0.25, 0.3) is 12.2 Å². The van der Waals surface area contributed by atoms with Crippen LogP contribution >= 0.6 is 11.3 Å². The average Bonchev–Trinajstić information content (AvgIpc) is 2.28. The fraction of sp³-hybridized carbons (Fsp3) is 0.273. The standard InChI is InChI=1S/C11H12S/c1-8-3-5-10-9(2)7-12-11(10)6-4-8/h3-8H,1-2H3. The van der Waals surface area contributed by atoms with E-state index >= 15 is 0 Å². The Morgan fingerprint density at radius 1 is 1.25 bits per heavy atom. The van der Waals surface area contributed by atoms with Crippen molar-refractivity contribution >= 4 is 23.5 Å². The summed E-state index contributed by atoms with van der Waals surface area (Å²) in [6, 6.07) is 0. The molecule has 1 aromatic heterocycles. The Morgan fingerprint density at radius 2 is 2.00 bits per heavy atom. The lowest BCUT2D eigenvalue weighted by Crippen LogP contribution is -1.77. The van der Waals surface area contributed by atoms with Crippen molar-refractivity contribution in [1.29, 1.82) is 0 Å². The van der Waals surface area contributed by atoms with Crippen molar-refractivity contribution in [2.75, 3.05) is 0 Å². The lowest BCUT2D eigenvalue weighted by atomic mass is 10.1. The average molecular weight is 176 g/mol. The van der Waals surface area contributed by atoms with Crippen LogP contribution in [0.3, 0.4) is 0 Å². The molecule has 0 N–H and O–H groups in total. The van der Waals surface area contributed by atoms with Crippen molar-refractivity contribution < 1.29 is 0 Å². The highest BCUT2D eigenvalue weighted by Gasteiger charge is 2.06. The summed E-state index contributed by atoms with van der Waals surface area (Å²) in [7, 11) is 0. The van der Waals surface area contributed by atoms with Crippen LogP contribution in [0, 0.1) is 12.8 Å². The Balaban J connectivity index is 2.54. The van der Waals surface area contributed by atoms with E-state index in [1.54, 1.807) is 0 Å². The van der Waals surface area contributed by atoms with Gasteiger partial charge < -0.3 is 0 Å². The number of hydrogen-bond acceptors (Lipinski definition) is 1. The van der Waals surface area contributed by atoms with Crippen LogP contribution in [0.4, 0.5) is 0 Å². The first-order valence-corrected chi connectivity index (χ1v) is 5.10. The molecule has 0 aliphatic heterocycles. The SMILES string of the molecule is Cc1csc2c1C=CC(C)C=C2. The third-order valence-electron chi connectivity index (χ3n) is 2.17. The molecule has 1 heterocycles. The summed E-state index contributed by atoms with van der Waals surface area (Å²) in [6.45, 7) is 4.38. The molecule has 12 heavy (non-hydrogen) atoms. The fourth-order valence-electron chi connectivity index (χ4n) is 1.37. The maximum Gasteiger partial charge on any atom is 0.0342 e. The van der Waals surface area contributed by atoms with Crippen molar-refractivity contribution in [1.82, 2.24) is 0 Å². The van der Waals surface area contributed by atoms with Gasteiger partial charge in [0, 0.05) is 4.88 Å². The molecule has 62 valence electrons. The first-order chi connectivity index (χ1) is 5.77. The van der Waals surface area contributed by atoms with Crippen LogP contribution < -0.4 is 0 Å². The maximum absolute atomic E-state index is 2.25. The molecule has 1 aliphatic carbocycles. The third-order valence-corrected chi connectivity index (χ3v) is 3.25. The van der Waals surface area contributed by atoms with E-state index in [4.69, 9.17) is 0 Å². The fourth-order valence-corrected chi connectivity index (χ4v) is 2.31. The van der Waals surface area contributed by atoms with Crippen molar-refractivity contribution in [3.63, 3.8) is 0 Å². The molecule has 0 saturated heterocycles. The predicted octanol–water partition coefficient (Wildman–Crippen LogP) is 3.73. The summed E-state index contributed by atoms with van der Waals surface area (Å²) >= 11 is 1.83. The first-order valence-electron chi connectivity index (χ1n) is 4.22. The highest BCUT2D eigenvalue weighted by Crippen LogP contribution is 2.27. The zero-order valence-corrected chi connectivity index (χ0v) is 8.19. The summed E-state index contributed by atoms with van der Waals surface area (Å²) in [6.07, 6.45) is 8.98. The highest BCUT2D eigenvalue weighted by molar-refractivity contribution is 7.11. The summed E-state index contributed by atoms with van der Waals surface area (Å²) in [5.41, 5.74) is 2.80. The van der Waals surface area contributed by atoms with Gasteiger partial charge in [-0.05, 0) is 35.4 Å². The molecule has 0 saturated carbocycles. The monoisotopic (exact) mass is 176 g/mol. The molecule has 0 aromatic carbocycles. The molecule has 1 heteroatoms. The summed E-state index contributed by atoms with van der Waals surface area (Å²) < 4.78 is 0. The molecule has 0 amide bonds. The zero-order valence-electron chi connectivity index (χ0n) is 7.37. The second-order valence-corrected chi connectivity index (χ2v) is 4.19. The van der Waals surface area contributed by atoms with E-state index < -0.39 is 0 Å². The molecule has 0 radical (unpaired) electrons. The van der Waals surface area contributed by atoms with E-state index in [1.165, 1.54) is 16.0 Å². The van der Waals surface area contributed by atoms with E-state index in [-0.39, 0.29) is 0 Å². The smallest absolute Gasteiger partial charge is 0.0342 e. The Bertz CT molecular complexity index is 342. The van der Waals surface area contributed by atoms with Gasteiger partial charge in [-0.3, -0.25) is 0 Å². The zero-order chi connectivity index (χ0) is 8.55. The molecular formula is C11H12S. The number of aryl methyl sites for hydroxylation is 1. The Morgan fingerprint density at radius 3 is 2.83 bits per heavy atom. The van der Waals surface area contributed by atoms with Crippen LogP contribution in [-0.4, -0.2) is 0 Å².